The molecule has 0 spiro atoms. The molecule has 0 aliphatic rings. The largest absolute Gasteiger partial charge is 0.394 e. The van der Waals surface area contributed by atoms with Crippen LogP contribution in [0.15, 0.2) is 0 Å². The van der Waals surface area contributed by atoms with Gasteiger partial charge in [0.2, 0.25) is 0 Å². The van der Waals surface area contributed by atoms with Crippen molar-refractivity contribution in [2.75, 3.05) is 13.2 Å². The van der Waals surface area contributed by atoms with Gasteiger partial charge in [0.05, 0.1) is 24.9 Å². The molecule has 5 heteroatoms. The molecular formula is C22H46O5. The lowest BCUT2D eigenvalue weighted by Crippen LogP contribution is -2.41. The van der Waals surface area contributed by atoms with Crippen LogP contribution in [0.2, 0.25) is 0 Å². The minimum Gasteiger partial charge on any atom is -0.394 e. The summed E-state index contributed by atoms with van der Waals surface area (Å²) in [6.07, 6.45) is 8.60. The van der Waals surface area contributed by atoms with E-state index in [0.717, 1.165) is 19.3 Å². The number of hydrogen-bond donors (Lipinski definition) is 5. The number of aliphatic hydroxyl groups is 5. The molecule has 0 aliphatic carbocycles. The van der Waals surface area contributed by atoms with Gasteiger partial charge in [-0.15, -0.1) is 0 Å². The van der Waals surface area contributed by atoms with E-state index in [9.17, 15) is 15.3 Å². The second-order valence-corrected chi connectivity index (χ2v) is 9.20. The third-order valence-corrected chi connectivity index (χ3v) is 5.94. The van der Waals surface area contributed by atoms with Crippen molar-refractivity contribution in [3.05, 3.63) is 0 Å². The van der Waals surface area contributed by atoms with Crippen molar-refractivity contribution in [3.63, 3.8) is 0 Å². The van der Waals surface area contributed by atoms with Gasteiger partial charge >= 0.3 is 0 Å². The van der Waals surface area contributed by atoms with Gasteiger partial charge in [0, 0.05) is 0 Å². The van der Waals surface area contributed by atoms with E-state index in [1.807, 2.05) is 0 Å². The summed E-state index contributed by atoms with van der Waals surface area (Å²) < 4.78 is 0. The Morgan fingerprint density at radius 2 is 1.15 bits per heavy atom. The maximum Gasteiger partial charge on any atom is 0.105 e. The van der Waals surface area contributed by atoms with Gasteiger partial charge in [-0.2, -0.15) is 0 Å². The molecule has 164 valence electrons. The van der Waals surface area contributed by atoms with Crippen LogP contribution in [0.3, 0.4) is 0 Å². The van der Waals surface area contributed by atoms with E-state index >= 15 is 0 Å². The summed E-state index contributed by atoms with van der Waals surface area (Å²) in [7, 11) is 0. The second kappa shape index (κ2) is 14.7. The van der Waals surface area contributed by atoms with Crippen molar-refractivity contribution in [3.8, 4) is 0 Å². The fourth-order valence-corrected chi connectivity index (χ4v) is 3.75. The highest BCUT2D eigenvalue weighted by Gasteiger charge is 2.29. The molecular weight excluding hydrogens is 344 g/mol. The Balaban J connectivity index is 3.74. The van der Waals surface area contributed by atoms with Gasteiger partial charge in [-0.3, -0.25) is 0 Å². The first-order chi connectivity index (χ1) is 12.6. The van der Waals surface area contributed by atoms with Crippen molar-refractivity contribution < 1.29 is 25.5 Å². The molecule has 6 atom stereocenters. The zero-order chi connectivity index (χ0) is 20.9. The van der Waals surface area contributed by atoms with E-state index in [4.69, 9.17) is 10.2 Å². The molecule has 0 aromatic heterocycles. The average molecular weight is 391 g/mol. The van der Waals surface area contributed by atoms with Crippen LogP contribution in [0.5, 0.6) is 0 Å². The Hall–Kier alpha value is -0.200. The van der Waals surface area contributed by atoms with Gasteiger partial charge in [0.25, 0.3) is 0 Å². The molecule has 5 nitrogen and oxygen atoms in total. The van der Waals surface area contributed by atoms with E-state index in [1.165, 1.54) is 32.1 Å². The molecule has 0 aromatic carbocycles. The molecule has 0 aromatic rings. The summed E-state index contributed by atoms with van der Waals surface area (Å²) in [6.45, 7) is 7.74. The van der Waals surface area contributed by atoms with Crippen molar-refractivity contribution in [2.24, 2.45) is 17.8 Å². The first-order valence-corrected chi connectivity index (χ1v) is 10.9. The van der Waals surface area contributed by atoms with E-state index in [0.29, 0.717) is 30.6 Å². The lowest BCUT2D eigenvalue weighted by atomic mass is 9.88. The minimum atomic E-state index is -1.20. The summed E-state index contributed by atoms with van der Waals surface area (Å²) in [5.41, 5.74) is -1.20. The predicted molar refractivity (Wildman–Crippen MR) is 110 cm³/mol. The van der Waals surface area contributed by atoms with Crippen molar-refractivity contribution in [1.82, 2.24) is 0 Å². The van der Waals surface area contributed by atoms with Crippen LogP contribution in [-0.4, -0.2) is 56.6 Å². The van der Waals surface area contributed by atoms with E-state index in [2.05, 4.69) is 20.8 Å². The van der Waals surface area contributed by atoms with Gasteiger partial charge in [-0.05, 0) is 37.5 Å². The maximum absolute atomic E-state index is 10.1. The third kappa shape index (κ3) is 13.6. The molecule has 5 N–H and O–H groups in total. The SMILES string of the molecule is CC(CCCC(C)CCCC(C)(O)C(O)CO)CCCC(C)CC(O)CO. The Bertz CT molecular complexity index is 348. The maximum atomic E-state index is 10.1. The number of rotatable bonds is 17. The number of aliphatic hydroxyl groups excluding tert-OH is 4. The van der Waals surface area contributed by atoms with E-state index in [-0.39, 0.29) is 6.61 Å². The van der Waals surface area contributed by atoms with Gasteiger partial charge in [-0.1, -0.05) is 72.1 Å². The van der Waals surface area contributed by atoms with Crippen LogP contribution in [0.1, 0.15) is 91.9 Å². The van der Waals surface area contributed by atoms with Gasteiger partial charge in [0.15, 0.2) is 0 Å². The van der Waals surface area contributed by atoms with Crippen LogP contribution in [-0.2, 0) is 0 Å². The summed E-state index contributed by atoms with van der Waals surface area (Å²) >= 11 is 0. The first-order valence-electron chi connectivity index (χ1n) is 10.9. The van der Waals surface area contributed by atoms with Crippen LogP contribution >= 0.6 is 0 Å². The smallest absolute Gasteiger partial charge is 0.105 e. The molecule has 0 aliphatic heterocycles. The zero-order valence-electron chi connectivity index (χ0n) is 18.1. The lowest BCUT2D eigenvalue weighted by molar-refractivity contribution is -0.0886. The molecule has 0 saturated carbocycles. The lowest BCUT2D eigenvalue weighted by Gasteiger charge is -2.28. The third-order valence-electron chi connectivity index (χ3n) is 5.94. The topological polar surface area (TPSA) is 101 Å². The summed E-state index contributed by atoms with van der Waals surface area (Å²) in [6, 6.07) is 0. The van der Waals surface area contributed by atoms with Crippen molar-refractivity contribution >= 4 is 0 Å². The normalized spacial score (nSPS) is 19.9. The fourth-order valence-electron chi connectivity index (χ4n) is 3.75. The van der Waals surface area contributed by atoms with Crippen molar-refractivity contribution in [1.29, 1.82) is 0 Å². The molecule has 0 bridgehead atoms. The molecule has 0 rings (SSSR count). The highest BCUT2D eigenvalue weighted by Crippen LogP contribution is 2.24. The molecule has 0 radical (unpaired) electrons. The highest BCUT2D eigenvalue weighted by atomic mass is 16.4. The molecule has 0 heterocycles. The fraction of sp³-hybridized carbons (Fsp3) is 1.00. The monoisotopic (exact) mass is 390 g/mol. The predicted octanol–water partition coefficient (Wildman–Crippen LogP) is 3.25. The molecule has 0 saturated heterocycles. The minimum absolute atomic E-state index is 0.140. The van der Waals surface area contributed by atoms with Gasteiger partial charge in [0.1, 0.15) is 6.10 Å². The standard InChI is InChI=1S/C22H46O5/c1-17(10-6-11-19(3)14-20(25)15-23)8-5-9-18(2)12-7-13-22(4,27)21(26)16-24/h17-21,23-27H,5-16H2,1-4H3. The molecule has 6 unspecified atom stereocenters. The van der Waals surface area contributed by atoms with Gasteiger partial charge < -0.3 is 25.5 Å². The Morgan fingerprint density at radius 1 is 0.704 bits per heavy atom. The Morgan fingerprint density at radius 3 is 1.59 bits per heavy atom. The summed E-state index contributed by atoms with van der Waals surface area (Å²) in [5.74, 6) is 1.78. The number of hydrogen-bond acceptors (Lipinski definition) is 5. The molecule has 0 fully saturated rings. The van der Waals surface area contributed by atoms with Gasteiger partial charge in [-0.25, -0.2) is 0 Å². The van der Waals surface area contributed by atoms with Crippen LogP contribution in [0.25, 0.3) is 0 Å². The zero-order valence-corrected chi connectivity index (χ0v) is 18.1. The summed E-state index contributed by atoms with van der Waals surface area (Å²) in [5, 5.41) is 47.0. The quantitative estimate of drug-likeness (QED) is 0.262. The van der Waals surface area contributed by atoms with E-state index in [1.54, 1.807) is 6.92 Å². The van der Waals surface area contributed by atoms with E-state index < -0.39 is 24.4 Å². The Kier molecular flexibility index (Phi) is 14.6. The molecule has 0 amide bonds. The average Bonchev–Trinajstić information content (AvgIpc) is 2.60. The molecule has 27 heavy (non-hydrogen) atoms. The summed E-state index contributed by atoms with van der Waals surface area (Å²) in [4.78, 5) is 0. The van der Waals surface area contributed by atoms with Crippen LogP contribution in [0, 0.1) is 17.8 Å². The van der Waals surface area contributed by atoms with Crippen molar-refractivity contribution in [2.45, 2.75) is 110 Å². The first kappa shape index (κ1) is 26.8. The Labute approximate surface area is 166 Å². The van der Waals surface area contributed by atoms with Crippen LogP contribution in [0.4, 0.5) is 0 Å². The van der Waals surface area contributed by atoms with Crippen LogP contribution < -0.4 is 0 Å². The highest BCUT2D eigenvalue weighted by molar-refractivity contribution is 4.81. The second-order valence-electron chi connectivity index (χ2n) is 9.20.